The average Bonchev–Trinajstić information content (AvgIpc) is 2.36. The van der Waals surface area contributed by atoms with Gasteiger partial charge in [0.05, 0.1) is 13.2 Å². The Morgan fingerprint density at radius 3 is 2.61 bits per heavy atom. The minimum atomic E-state index is -0.318. The molecule has 0 bridgehead atoms. The number of benzene rings is 1. The maximum Gasteiger partial charge on any atom is 0.160 e. The molecular formula is C14H20O4. The normalized spacial score (nSPS) is 14.0. The third-order valence-corrected chi connectivity index (χ3v) is 2.97. The van der Waals surface area contributed by atoms with E-state index in [0.717, 1.165) is 5.56 Å². The van der Waals surface area contributed by atoms with Crippen molar-refractivity contribution in [2.24, 2.45) is 5.92 Å². The van der Waals surface area contributed by atoms with Crippen molar-refractivity contribution in [2.75, 3.05) is 13.7 Å². The van der Waals surface area contributed by atoms with Crippen molar-refractivity contribution in [2.45, 2.75) is 26.9 Å². The molecule has 1 N–H and O–H groups in total. The predicted octanol–water partition coefficient (Wildman–Crippen LogP) is 2.70. The minimum absolute atomic E-state index is 0.0699. The van der Waals surface area contributed by atoms with Crippen LogP contribution in [0.3, 0.4) is 0 Å². The van der Waals surface area contributed by atoms with Crippen LogP contribution in [0.25, 0.3) is 0 Å². The SMILES string of the molecule is CCOC(c1ccc(O)c(OC)c1)C(C)C(C)=O. The Morgan fingerprint density at radius 1 is 1.44 bits per heavy atom. The average molecular weight is 252 g/mol. The fraction of sp³-hybridized carbons (Fsp3) is 0.500. The first kappa shape index (κ1) is 14.5. The molecule has 0 radical (unpaired) electrons. The summed E-state index contributed by atoms with van der Waals surface area (Å²) in [6.45, 7) is 5.79. The van der Waals surface area contributed by atoms with Crippen LogP contribution in [0, 0.1) is 5.92 Å². The van der Waals surface area contributed by atoms with Gasteiger partial charge in [0, 0.05) is 12.5 Å². The Kier molecular flexibility index (Phi) is 5.16. The number of methoxy groups -OCH3 is 1. The number of aromatic hydroxyl groups is 1. The van der Waals surface area contributed by atoms with Gasteiger partial charge in [0.1, 0.15) is 5.78 Å². The number of carbonyl (C=O) groups is 1. The first-order valence-corrected chi connectivity index (χ1v) is 6.00. The summed E-state index contributed by atoms with van der Waals surface area (Å²) in [5.74, 6) is 0.291. The highest BCUT2D eigenvalue weighted by atomic mass is 16.5. The number of hydrogen-bond donors (Lipinski definition) is 1. The van der Waals surface area contributed by atoms with Gasteiger partial charge in [-0.05, 0) is 31.5 Å². The van der Waals surface area contributed by atoms with Crippen molar-refractivity contribution in [3.63, 3.8) is 0 Å². The molecule has 4 heteroatoms. The van der Waals surface area contributed by atoms with Crippen molar-refractivity contribution in [1.29, 1.82) is 0 Å². The molecule has 18 heavy (non-hydrogen) atoms. The minimum Gasteiger partial charge on any atom is -0.504 e. The molecule has 1 aromatic rings. The number of phenols is 1. The summed E-state index contributed by atoms with van der Waals surface area (Å²) in [5.41, 5.74) is 0.828. The number of hydrogen-bond acceptors (Lipinski definition) is 4. The van der Waals surface area contributed by atoms with Crippen LogP contribution in [-0.4, -0.2) is 24.6 Å². The van der Waals surface area contributed by atoms with Gasteiger partial charge in [0.15, 0.2) is 11.5 Å². The van der Waals surface area contributed by atoms with Gasteiger partial charge in [-0.15, -0.1) is 0 Å². The number of ether oxygens (including phenoxy) is 2. The van der Waals surface area contributed by atoms with Crippen LogP contribution < -0.4 is 4.74 Å². The van der Waals surface area contributed by atoms with Crippen LogP contribution in [-0.2, 0) is 9.53 Å². The third kappa shape index (κ3) is 3.23. The van der Waals surface area contributed by atoms with Crippen molar-refractivity contribution in [1.82, 2.24) is 0 Å². The summed E-state index contributed by atoms with van der Waals surface area (Å²) < 4.78 is 10.7. The number of carbonyl (C=O) groups excluding carboxylic acids is 1. The zero-order valence-electron chi connectivity index (χ0n) is 11.3. The molecule has 4 nitrogen and oxygen atoms in total. The molecule has 0 fully saturated rings. The van der Waals surface area contributed by atoms with E-state index < -0.39 is 0 Å². The van der Waals surface area contributed by atoms with Crippen molar-refractivity contribution < 1.29 is 19.4 Å². The summed E-state index contributed by atoms with van der Waals surface area (Å²) in [4.78, 5) is 11.5. The van der Waals surface area contributed by atoms with Crippen molar-refractivity contribution >= 4 is 5.78 Å². The Hall–Kier alpha value is -1.55. The zero-order chi connectivity index (χ0) is 13.7. The van der Waals surface area contributed by atoms with Gasteiger partial charge in [-0.25, -0.2) is 0 Å². The molecule has 0 saturated heterocycles. The molecule has 0 aliphatic heterocycles. The van der Waals surface area contributed by atoms with E-state index in [2.05, 4.69) is 0 Å². The summed E-state index contributed by atoms with van der Waals surface area (Å²) in [6.07, 6.45) is -0.318. The van der Waals surface area contributed by atoms with E-state index in [9.17, 15) is 9.90 Å². The van der Waals surface area contributed by atoms with E-state index in [1.807, 2.05) is 13.8 Å². The maximum absolute atomic E-state index is 11.5. The Bertz CT molecular complexity index is 414. The molecule has 0 heterocycles. The van der Waals surface area contributed by atoms with Gasteiger partial charge < -0.3 is 14.6 Å². The highest BCUT2D eigenvalue weighted by molar-refractivity contribution is 5.78. The van der Waals surface area contributed by atoms with E-state index in [4.69, 9.17) is 9.47 Å². The molecule has 1 aromatic carbocycles. The second-order valence-electron chi connectivity index (χ2n) is 4.21. The van der Waals surface area contributed by atoms with Gasteiger partial charge in [-0.1, -0.05) is 13.0 Å². The Labute approximate surface area is 108 Å². The van der Waals surface area contributed by atoms with E-state index >= 15 is 0 Å². The monoisotopic (exact) mass is 252 g/mol. The molecule has 2 unspecified atom stereocenters. The van der Waals surface area contributed by atoms with Gasteiger partial charge in [0.25, 0.3) is 0 Å². The van der Waals surface area contributed by atoms with Crippen LogP contribution in [0.2, 0.25) is 0 Å². The first-order valence-electron chi connectivity index (χ1n) is 6.00. The van der Waals surface area contributed by atoms with Crippen LogP contribution in [0.15, 0.2) is 18.2 Å². The number of phenolic OH excluding ortho intramolecular Hbond substituents is 1. The molecular weight excluding hydrogens is 232 g/mol. The molecule has 0 aromatic heterocycles. The first-order chi connectivity index (χ1) is 8.51. The largest absolute Gasteiger partial charge is 0.504 e. The quantitative estimate of drug-likeness (QED) is 0.845. The van der Waals surface area contributed by atoms with Gasteiger partial charge in [0.2, 0.25) is 0 Å². The molecule has 0 aliphatic carbocycles. The molecule has 100 valence electrons. The highest BCUT2D eigenvalue weighted by Crippen LogP contribution is 2.33. The predicted molar refractivity (Wildman–Crippen MR) is 68.9 cm³/mol. The second-order valence-corrected chi connectivity index (χ2v) is 4.21. The number of Topliss-reactive ketones (excluding diaryl/α,β-unsaturated/α-hetero) is 1. The lowest BCUT2D eigenvalue weighted by Crippen LogP contribution is -2.20. The second kappa shape index (κ2) is 6.40. The smallest absolute Gasteiger partial charge is 0.160 e. The molecule has 0 spiro atoms. The molecule has 1 rings (SSSR count). The van der Waals surface area contributed by atoms with Gasteiger partial charge >= 0.3 is 0 Å². The summed E-state index contributed by atoms with van der Waals surface area (Å²) >= 11 is 0. The molecule has 0 aliphatic rings. The molecule has 0 amide bonds. The zero-order valence-corrected chi connectivity index (χ0v) is 11.3. The topological polar surface area (TPSA) is 55.8 Å². The van der Waals surface area contributed by atoms with Crippen molar-refractivity contribution in [3.8, 4) is 11.5 Å². The van der Waals surface area contributed by atoms with Crippen LogP contribution in [0.1, 0.15) is 32.4 Å². The number of ketones is 1. The maximum atomic E-state index is 11.5. The van der Waals surface area contributed by atoms with E-state index in [1.165, 1.54) is 7.11 Å². The van der Waals surface area contributed by atoms with Crippen LogP contribution in [0.5, 0.6) is 11.5 Å². The fourth-order valence-corrected chi connectivity index (χ4v) is 1.79. The Balaban J connectivity index is 3.09. The lowest BCUT2D eigenvalue weighted by atomic mass is 9.94. The fourth-order valence-electron chi connectivity index (χ4n) is 1.79. The molecule has 0 saturated carbocycles. The summed E-state index contributed by atoms with van der Waals surface area (Å²) in [7, 11) is 1.49. The van der Waals surface area contributed by atoms with Gasteiger partial charge in [-0.3, -0.25) is 4.79 Å². The summed E-state index contributed by atoms with van der Waals surface area (Å²) in [6, 6.07) is 5.00. The lowest BCUT2D eigenvalue weighted by Gasteiger charge is -2.23. The Morgan fingerprint density at radius 2 is 2.11 bits per heavy atom. The highest BCUT2D eigenvalue weighted by Gasteiger charge is 2.24. The lowest BCUT2D eigenvalue weighted by molar-refractivity contribution is -0.125. The van der Waals surface area contributed by atoms with Crippen LogP contribution >= 0.6 is 0 Å². The van der Waals surface area contributed by atoms with E-state index in [0.29, 0.717) is 12.4 Å². The van der Waals surface area contributed by atoms with E-state index in [1.54, 1.807) is 25.1 Å². The third-order valence-electron chi connectivity index (χ3n) is 2.97. The van der Waals surface area contributed by atoms with Crippen LogP contribution in [0.4, 0.5) is 0 Å². The van der Waals surface area contributed by atoms with Crippen molar-refractivity contribution in [3.05, 3.63) is 23.8 Å². The number of rotatable bonds is 6. The van der Waals surface area contributed by atoms with E-state index in [-0.39, 0.29) is 23.6 Å². The van der Waals surface area contributed by atoms with Gasteiger partial charge in [-0.2, -0.15) is 0 Å². The standard InChI is InChI=1S/C14H20O4/c1-5-18-14(9(2)10(3)15)11-6-7-12(16)13(8-11)17-4/h6-9,14,16H,5H2,1-4H3. The molecule has 2 atom stereocenters. The summed E-state index contributed by atoms with van der Waals surface area (Å²) in [5, 5.41) is 9.56.